The van der Waals surface area contributed by atoms with Gasteiger partial charge >= 0.3 is 0 Å². The third-order valence-corrected chi connectivity index (χ3v) is 10.9. The fourth-order valence-electron chi connectivity index (χ4n) is 8.77. The quantitative estimate of drug-likeness (QED) is 0.191. The molecule has 2 nitrogen and oxygen atoms in total. The molecule has 0 fully saturated rings. The Morgan fingerprint density at radius 3 is 1.90 bits per heavy atom. The fraction of sp³-hybridized carbons (Fsp3) is 0.0417. The zero-order valence-electron chi connectivity index (χ0n) is 27.4. The molecule has 2 heteroatoms. The predicted octanol–water partition coefficient (Wildman–Crippen LogP) is 13.3. The Bertz CT molecular complexity index is 2740. The summed E-state index contributed by atoms with van der Waals surface area (Å²) in [7, 11) is 0. The van der Waals surface area contributed by atoms with E-state index >= 15 is 0 Å². The van der Waals surface area contributed by atoms with Crippen LogP contribution in [0.3, 0.4) is 0 Å². The van der Waals surface area contributed by atoms with Gasteiger partial charge in [-0.1, -0.05) is 127 Å². The van der Waals surface area contributed by atoms with Crippen LogP contribution in [0.4, 0.5) is 11.4 Å². The van der Waals surface area contributed by atoms with Gasteiger partial charge in [-0.25, -0.2) is 0 Å². The van der Waals surface area contributed by atoms with Crippen molar-refractivity contribution in [1.82, 2.24) is 0 Å². The summed E-state index contributed by atoms with van der Waals surface area (Å²) in [5, 5.41) is 2.27. The normalized spacial score (nSPS) is 13.9. The smallest absolute Gasteiger partial charge is 0.137 e. The molecule has 0 N–H and O–H groups in total. The van der Waals surface area contributed by atoms with Gasteiger partial charge in [-0.2, -0.15) is 0 Å². The molecule has 6 bridgehead atoms. The number of benzene rings is 7. The molecular weight excluding hydrogens is 607 g/mol. The van der Waals surface area contributed by atoms with Crippen LogP contribution in [0.2, 0.25) is 0 Å². The van der Waals surface area contributed by atoms with Crippen LogP contribution >= 0.6 is 0 Å². The highest BCUT2D eigenvalue weighted by Crippen LogP contribution is 2.57. The summed E-state index contributed by atoms with van der Waals surface area (Å²) in [4.78, 5) is 2.49. The number of hydrogen-bond acceptors (Lipinski definition) is 2. The summed E-state index contributed by atoms with van der Waals surface area (Å²) < 4.78 is 6.43. The number of allylic oxidation sites excluding steroid dienone is 4. The molecule has 3 aliphatic rings. The molecule has 0 spiro atoms. The minimum Gasteiger partial charge on any atom is -0.456 e. The highest BCUT2D eigenvalue weighted by molar-refractivity contribution is 6.17. The second-order valence-electron chi connectivity index (χ2n) is 13.5. The largest absolute Gasteiger partial charge is 0.456 e. The molecule has 234 valence electrons. The monoisotopic (exact) mass is 637 g/mol. The van der Waals surface area contributed by atoms with Crippen LogP contribution in [0.15, 0.2) is 174 Å². The Labute approximate surface area is 290 Å². The van der Waals surface area contributed by atoms with Gasteiger partial charge < -0.3 is 9.32 Å². The minimum absolute atomic E-state index is 0.902. The van der Waals surface area contributed by atoms with E-state index in [4.69, 9.17) is 4.42 Å². The van der Waals surface area contributed by atoms with Crippen LogP contribution in [0.1, 0.15) is 24.0 Å². The van der Waals surface area contributed by atoms with Crippen molar-refractivity contribution in [3.63, 3.8) is 0 Å². The predicted molar refractivity (Wildman–Crippen MR) is 208 cm³/mol. The standard InChI is InChI=1S/C48H31NO/c1-2-11-30(12-3-1)31-23-25-32(26-24-31)49(43-20-10-22-45-48(43)41-15-6-7-21-44(41)50-45)33-27-28-35-38-17-9-18-39-40-19-8-16-37(47(40)42(35)29-33)34-13-4-5-14-36(34)46(38)39/h1-26,29H,27-28H2. The van der Waals surface area contributed by atoms with E-state index in [1.807, 2.05) is 0 Å². The molecule has 1 heterocycles. The lowest BCUT2D eigenvalue weighted by atomic mass is 9.79. The lowest BCUT2D eigenvalue weighted by Crippen LogP contribution is -2.19. The highest BCUT2D eigenvalue weighted by atomic mass is 16.3. The first-order chi connectivity index (χ1) is 24.8. The number of fused-ring (bicyclic) bond motifs is 6. The zero-order chi connectivity index (χ0) is 32.8. The fourth-order valence-corrected chi connectivity index (χ4v) is 8.77. The molecule has 0 unspecified atom stereocenters. The van der Waals surface area contributed by atoms with E-state index in [0.717, 1.165) is 46.2 Å². The number of para-hydroxylation sites is 1. The molecule has 8 aromatic rings. The van der Waals surface area contributed by atoms with E-state index in [1.54, 1.807) is 0 Å². The molecule has 0 saturated heterocycles. The highest BCUT2D eigenvalue weighted by Gasteiger charge is 2.34. The molecule has 0 radical (unpaired) electrons. The number of nitrogens with zero attached hydrogens (tertiary/aromatic N) is 1. The van der Waals surface area contributed by atoms with Crippen molar-refractivity contribution < 1.29 is 4.42 Å². The van der Waals surface area contributed by atoms with E-state index in [2.05, 4.69) is 169 Å². The summed E-state index contributed by atoms with van der Waals surface area (Å²) in [6, 6.07) is 57.3. The van der Waals surface area contributed by atoms with E-state index in [-0.39, 0.29) is 0 Å². The lowest BCUT2D eigenvalue weighted by molar-refractivity contribution is 0.669. The molecule has 0 saturated carbocycles. The van der Waals surface area contributed by atoms with Crippen molar-refractivity contribution in [2.45, 2.75) is 12.8 Å². The molecule has 7 aromatic carbocycles. The maximum Gasteiger partial charge on any atom is 0.137 e. The van der Waals surface area contributed by atoms with Gasteiger partial charge in [0.2, 0.25) is 0 Å². The van der Waals surface area contributed by atoms with E-state index in [9.17, 15) is 0 Å². The number of furan rings is 1. The minimum atomic E-state index is 0.902. The van der Waals surface area contributed by atoms with Crippen LogP contribution in [-0.4, -0.2) is 0 Å². The van der Waals surface area contributed by atoms with Crippen molar-refractivity contribution in [3.8, 4) is 44.5 Å². The molecule has 0 amide bonds. The average Bonchev–Trinajstić information content (AvgIpc) is 3.52. The molecule has 50 heavy (non-hydrogen) atoms. The summed E-state index contributed by atoms with van der Waals surface area (Å²) in [5.74, 6) is 0. The zero-order valence-corrected chi connectivity index (χ0v) is 27.4. The summed E-state index contributed by atoms with van der Waals surface area (Å²) >= 11 is 0. The molecule has 11 rings (SSSR count). The van der Waals surface area contributed by atoms with Crippen molar-refractivity contribution in [1.29, 1.82) is 0 Å². The van der Waals surface area contributed by atoms with Crippen LogP contribution < -0.4 is 4.90 Å². The maximum atomic E-state index is 6.43. The summed E-state index contributed by atoms with van der Waals surface area (Å²) in [6.07, 6.45) is 4.36. The maximum absolute atomic E-state index is 6.43. The SMILES string of the molecule is C1=C(N(c2ccc(-c3ccccc3)cc2)c2cccc3oc4ccccc4c23)CCC2=C1c1c3cccc1-c1cccc2c1-c1ccccc1-3. The van der Waals surface area contributed by atoms with Crippen molar-refractivity contribution in [2.24, 2.45) is 0 Å². The van der Waals surface area contributed by atoms with Crippen LogP contribution in [-0.2, 0) is 0 Å². The Morgan fingerprint density at radius 1 is 0.440 bits per heavy atom. The lowest BCUT2D eigenvalue weighted by Gasteiger charge is -2.33. The van der Waals surface area contributed by atoms with E-state index in [0.29, 0.717) is 0 Å². The van der Waals surface area contributed by atoms with E-state index < -0.39 is 0 Å². The summed E-state index contributed by atoms with van der Waals surface area (Å²) in [5.41, 5.74) is 21.3. The third-order valence-electron chi connectivity index (χ3n) is 10.9. The van der Waals surface area contributed by atoms with Gasteiger partial charge in [0, 0.05) is 16.8 Å². The van der Waals surface area contributed by atoms with E-state index in [1.165, 1.54) is 72.5 Å². The second kappa shape index (κ2) is 10.6. The Kier molecular flexibility index (Phi) is 5.82. The molecule has 0 atom stereocenters. The van der Waals surface area contributed by atoms with Crippen LogP contribution in [0.5, 0.6) is 0 Å². The van der Waals surface area contributed by atoms with Gasteiger partial charge in [0.1, 0.15) is 11.2 Å². The summed E-state index contributed by atoms with van der Waals surface area (Å²) in [6.45, 7) is 0. The van der Waals surface area contributed by atoms with Crippen molar-refractivity contribution in [2.75, 3.05) is 4.90 Å². The Balaban J connectivity index is 1.17. The Morgan fingerprint density at radius 2 is 1.06 bits per heavy atom. The van der Waals surface area contributed by atoms with Crippen molar-refractivity contribution in [3.05, 3.63) is 181 Å². The number of hydrogen-bond donors (Lipinski definition) is 0. The Hall–Kier alpha value is -6.38. The van der Waals surface area contributed by atoms with Gasteiger partial charge in [0.05, 0.1) is 11.1 Å². The molecule has 1 aromatic heterocycles. The first-order valence-electron chi connectivity index (χ1n) is 17.5. The van der Waals surface area contributed by atoms with Gasteiger partial charge in [-0.05, 0) is 116 Å². The molecule has 3 aliphatic carbocycles. The van der Waals surface area contributed by atoms with Crippen LogP contribution in [0, 0.1) is 0 Å². The van der Waals surface area contributed by atoms with Gasteiger partial charge in [-0.15, -0.1) is 0 Å². The van der Waals surface area contributed by atoms with Gasteiger partial charge in [0.25, 0.3) is 0 Å². The third kappa shape index (κ3) is 3.90. The van der Waals surface area contributed by atoms with Gasteiger partial charge in [-0.3, -0.25) is 0 Å². The van der Waals surface area contributed by atoms with Crippen molar-refractivity contribution >= 4 is 44.5 Å². The number of anilines is 2. The first kappa shape index (κ1) is 27.6. The van der Waals surface area contributed by atoms with Crippen LogP contribution in [0.25, 0.3) is 77.6 Å². The average molecular weight is 638 g/mol. The first-order valence-corrected chi connectivity index (χ1v) is 17.5. The second-order valence-corrected chi connectivity index (χ2v) is 13.5. The topological polar surface area (TPSA) is 16.4 Å². The molecular formula is C48H31NO. The number of rotatable bonds is 4. The molecule has 0 aliphatic heterocycles. The van der Waals surface area contributed by atoms with Gasteiger partial charge in [0.15, 0.2) is 0 Å².